The summed E-state index contributed by atoms with van der Waals surface area (Å²) in [4.78, 5) is 0. The minimum absolute atomic E-state index is 1.21. The summed E-state index contributed by atoms with van der Waals surface area (Å²) in [5, 5.41) is 0. The molecule has 0 aromatic carbocycles. The maximum atomic E-state index is 7.50. The van der Waals surface area contributed by atoms with Crippen molar-refractivity contribution in [3.05, 3.63) is 33.3 Å². The van der Waals surface area contributed by atoms with Gasteiger partial charge in [0.15, 0.2) is 0 Å². The molecule has 0 atom stereocenters. The Bertz CT molecular complexity index is 472. The fourth-order valence-corrected chi connectivity index (χ4v) is 102. The topological polar surface area (TPSA) is 106 Å². The number of hydrogen-bond donors (Lipinski definition) is 0. The molecule has 0 saturated carbocycles. The summed E-state index contributed by atoms with van der Waals surface area (Å²) in [6.45, 7) is 53.4. The Morgan fingerprint density at radius 2 is 0.533 bits per heavy atom. The van der Waals surface area contributed by atoms with E-state index in [0.717, 1.165) is 0 Å². The molecule has 0 spiro atoms. The van der Waals surface area contributed by atoms with Crippen LogP contribution in [0, 0.1) is 33.3 Å². The molecule has 0 bridgehead atoms. The Kier molecular flexibility index (Phi) is 31.9. The molecule has 0 saturated heterocycles. The van der Waals surface area contributed by atoms with Gasteiger partial charge in [-0.2, -0.15) is 0 Å². The second-order valence-corrected chi connectivity index (χ2v) is 43.3. The molecular formula is C17H36GeN2O5Si4W. The summed E-state index contributed by atoms with van der Waals surface area (Å²) >= 11 is 0.663. The summed E-state index contributed by atoms with van der Waals surface area (Å²) in [6, 6.07) is 0. The molecule has 0 rings (SSSR count). The fourth-order valence-electron chi connectivity index (χ4n) is 3.26. The monoisotopic (exact) mass is 718 g/mol. The first-order valence-corrected chi connectivity index (χ1v) is 32.7. The van der Waals surface area contributed by atoms with Crippen molar-refractivity contribution in [3.63, 3.8) is 0 Å². The quantitative estimate of drug-likeness (QED) is 0.233. The third-order valence-corrected chi connectivity index (χ3v) is 59.4. The van der Waals surface area contributed by atoms with Crippen LogP contribution in [0.1, 0.15) is 0 Å². The summed E-state index contributed by atoms with van der Waals surface area (Å²) in [5.74, 6) is 0. The zero-order valence-electron chi connectivity index (χ0n) is 20.3. The molecule has 0 aliphatic heterocycles. The van der Waals surface area contributed by atoms with Crippen molar-refractivity contribution in [1.82, 2.24) is 6.38 Å². The predicted molar refractivity (Wildman–Crippen MR) is 122 cm³/mol. The molecule has 0 N–H and O–H groups in total. The first-order valence-electron chi connectivity index (χ1n) is 8.57. The van der Waals surface area contributed by atoms with E-state index in [2.05, 4.69) is 118 Å². The van der Waals surface area contributed by atoms with Crippen molar-refractivity contribution in [2.75, 3.05) is 0 Å². The van der Waals surface area contributed by atoms with Crippen LogP contribution in [0.25, 0.3) is 0 Å². The average molecular weight is 717 g/mol. The number of hydrogen-bond acceptors (Lipinski definition) is 2. The predicted octanol–water partition coefficient (Wildman–Crippen LogP) is 4.27. The van der Waals surface area contributed by atoms with Crippen LogP contribution in [0.2, 0.25) is 78.6 Å². The van der Waals surface area contributed by atoms with Crippen molar-refractivity contribution in [1.29, 1.82) is 0 Å². The van der Waals surface area contributed by atoms with Crippen LogP contribution in [0.3, 0.4) is 0 Å². The van der Waals surface area contributed by atoms with Crippen LogP contribution < -0.4 is 0 Å². The van der Waals surface area contributed by atoms with Crippen molar-refractivity contribution in [2.24, 2.45) is 0 Å². The first kappa shape index (κ1) is 44.4. The molecular weight excluding hydrogens is 681 g/mol. The molecule has 0 radical (unpaired) electrons. The van der Waals surface area contributed by atoms with E-state index in [4.69, 9.17) is 23.3 Å². The van der Waals surface area contributed by atoms with Gasteiger partial charge in [-0.3, -0.25) is 0 Å². The van der Waals surface area contributed by atoms with Crippen LogP contribution in [-0.2, 0) is 40.3 Å². The van der Waals surface area contributed by atoms with Gasteiger partial charge in [0.25, 0.3) is 0 Å². The van der Waals surface area contributed by atoms with Gasteiger partial charge in [0.05, 0.1) is 0 Å². The second-order valence-electron chi connectivity index (χ2n) is 9.64. The zero-order valence-corrected chi connectivity index (χ0v) is 29.4. The summed E-state index contributed by atoms with van der Waals surface area (Å²) in [7, 11) is -4.85. The molecule has 13 heteroatoms. The SMILES string of the molecule is C[Si](C)(C)[N]([Ge](=[W])[N]([Si](C)(C)C)[Si](C)(C)C)[Si](C)(C)C.[C-]#[O+].[C-]#[O+].[C-]#[O+].[C-]#[O+].[C-]#[O+]. The van der Waals surface area contributed by atoms with Gasteiger partial charge in [-0.25, -0.2) is 0 Å². The Labute approximate surface area is 201 Å². The van der Waals surface area contributed by atoms with E-state index in [1.165, 1.54) is 0 Å². The molecule has 0 aromatic heterocycles. The third kappa shape index (κ3) is 20.6. The normalized spacial score (nSPS) is 10.4. The van der Waals surface area contributed by atoms with Gasteiger partial charge in [-0.1, -0.05) is 0 Å². The van der Waals surface area contributed by atoms with Gasteiger partial charge in [0, 0.05) is 0 Å². The number of rotatable bonds is 6. The van der Waals surface area contributed by atoms with Crippen molar-refractivity contribution in [3.8, 4) is 0 Å². The van der Waals surface area contributed by atoms with E-state index in [1.807, 2.05) is 17.0 Å². The van der Waals surface area contributed by atoms with E-state index in [9.17, 15) is 0 Å². The Morgan fingerprint density at radius 1 is 0.433 bits per heavy atom. The van der Waals surface area contributed by atoms with Gasteiger partial charge < -0.3 is 0 Å². The minimum atomic E-state index is -1.26. The van der Waals surface area contributed by atoms with Gasteiger partial charge in [0.2, 0.25) is 0 Å². The maximum absolute atomic E-state index is 7.50. The van der Waals surface area contributed by atoms with E-state index in [-0.39, 0.29) is 0 Å². The average Bonchev–Trinajstić information content (AvgIpc) is 2.58. The van der Waals surface area contributed by atoms with Crippen molar-refractivity contribution >= 4 is 44.5 Å². The molecule has 7 nitrogen and oxygen atoms in total. The van der Waals surface area contributed by atoms with Gasteiger partial charge in [-0.15, -0.1) is 0 Å². The molecule has 0 heterocycles. The van der Waals surface area contributed by atoms with E-state index in [1.54, 1.807) is 0 Å². The molecule has 0 unspecified atom stereocenters. The van der Waals surface area contributed by atoms with Crippen LogP contribution in [0.5, 0.6) is 0 Å². The molecule has 0 aromatic rings. The van der Waals surface area contributed by atoms with E-state index < -0.39 is 44.5 Å². The Morgan fingerprint density at radius 3 is 0.600 bits per heavy atom. The molecule has 0 fully saturated rings. The summed E-state index contributed by atoms with van der Waals surface area (Å²) in [5.41, 5.74) is 0. The third-order valence-electron chi connectivity index (χ3n) is 3.07. The van der Waals surface area contributed by atoms with Gasteiger partial charge >= 0.3 is 203 Å². The van der Waals surface area contributed by atoms with Crippen molar-refractivity contribution in [2.45, 2.75) is 78.6 Å². The van der Waals surface area contributed by atoms with Crippen LogP contribution >= 0.6 is 0 Å². The first-order chi connectivity index (χ1) is 13.4. The van der Waals surface area contributed by atoms with E-state index in [0.29, 0.717) is 0 Å². The molecule has 170 valence electrons. The summed E-state index contributed by atoms with van der Waals surface area (Å²) < 4.78 is 43.9. The zero-order chi connectivity index (χ0) is 26.7. The van der Waals surface area contributed by atoms with Gasteiger partial charge in [-0.05, 0) is 0 Å². The van der Waals surface area contributed by atoms with E-state index >= 15 is 0 Å². The molecule has 0 aliphatic rings. The van der Waals surface area contributed by atoms with Gasteiger partial charge in [0.1, 0.15) is 0 Å². The van der Waals surface area contributed by atoms with Crippen molar-refractivity contribution < 1.29 is 40.3 Å². The van der Waals surface area contributed by atoms with Crippen LogP contribution in [0.15, 0.2) is 0 Å². The fraction of sp³-hybridized carbons (Fsp3) is 0.706. The van der Waals surface area contributed by atoms with Crippen LogP contribution in [-0.4, -0.2) is 50.9 Å². The Balaban J connectivity index is -0.000000125. The molecule has 0 aliphatic carbocycles. The standard InChI is InChI=1S/C12H36GeN2Si4.5CO.W/c1-16(2,3)14(17(4,5)6)13-15(18(7,8)9)19(10,11)12;5*1-2;/h1-12H3;;;;;;. The Hall–Kier alpha value is 0.719. The summed E-state index contributed by atoms with van der Waals surface area (Å²) in [6.07, 6.45) is 0. The number of nitrogens with zero attached hydrogens (tertiary/aromatic N) is 2. The molecule has 30 heavy (non-hydrogen) atoms. The molecule has 0 amide bonds. The second kappa shape index (κ2) is 21.6. The van der Waals surface area contributed by atoms with Crippen LogP contribution in [0.4, 0.5) is 0 Å².